The minimum atomic E-state index is 0.103. The van der Waals surface area contributed by atoms with Crippen LogP contribution in [0.15, 0.2) is 15.2 Å². The zero-order valence-corrected chi connectivity index (χ0v) is 12.7. The predicted octanol–water partition coefficient (Wildman–Crippen LogP) is 3.76. The topological polar surface area (TPSA) is 20.3 Å². The summed E-state index contributed by atoms with van der Waals surface area (Å²) in [6.07, 6.45) is 0. The SMILES string of the molecule is CC(C)N(CCBr)C(=O)c1csc(Br)c1. The lowest BCUT2D eigenvalue weighted by Crippen LogP contribution is -2.38. The lowest BCUT2D eigenvalue weighted by molar-refractivity contribution is 0.0720. The van der Waals surface area contributed by atoms with Gasteiger partial charge in [-0.05, 0) is 35.8 Å². The predicted molar refractivity (Wildman–Crippen MR) is 72.0 cm³/mol. The first kappa shape index (κ1) is 13.2. The molecule has 0 aliphatic carbocycles. The van der Waals surface area contributed by atoms with Crippen molar-refractivity contribution < 1.29 is 4.79 Å². The van der Waals surface area contributed by atoms with Crippen LogP contribution in [0.25, 0.3) is 0 Å². The van der Waals surface area contributed by atoms with Crippen LogP contribution in [0, 0.1) is 0 Å². The minimum Gasteiger partial charge on any atom is -0.335 e. The molecule has 0 atom stereocenters. The molecular formula is C10H13Br2NOS. The van der Waals surface area contributed by atoms with E-state index in [4.69, 9.17) is 0 Å². The number of rotatable bonds is 4. The van der Waals surface area contributed by atoms with Crippen LogP contribution >= 0.6 is 43.2 Å². The second-order valence-electron chi connectivity index (χ2n) is 3.42. The maximum Gasteiger partial charge on any atom is 0.254 e. The van der Waals surface area contributed by atoms with Gasteiger partial charge in [-0.2, -0.15) is 0 Å². The maximum absolute atomic E-state index is 12.1. The second-order valence-corrected chi connectivity index (χ2v) is 6.50. The van der Waals surface area contributed by atoms with Gasteiger partial charge in [-0.3, -0.25) is 4.79 Å². The van der Waals surface area contributed by atoms with Crippen molar-refractivity contribution in [2.75, 3.05) is 11.9 Å². The summed E-state index contributed by atoms with van der Waals surface area (Å²) < 4.78 is 0.994. The number of amides is 1. The van der Waals surface area contributed by atoms with Crippen molar-refractivity contribution in [3.8, 4) is 0 Å². The summed E-state index contributed by atoms with van der Waals surface area (Å²) >= 11 is 8.27. The van der Waals surface area contributed by atoms with Gasteiger partial charge in [-0.15, -0.1) is 11.3 Å². The van der Waals surface area contributed by atoms with Crippen molar-refractivity contribution in [3.63, 3.8) is 0 Å². The summed E-state index contributed by atoms with van der Waals surface area (Å²) in [4.78, 5) is 13.9. The van der Waals surface area contributed by atoms with Gasteiger partial charge in [0.15, 0.2) is 0 Å². The number of thiophene rings is 1. The highest BCUT2D eigenvalue weighted by Crippen LogP contribution is 2.22. The molecule has 84 valence electrons. The Morgan fingerprint density at radius 2 is 2.27 bits per heavy atom. The number of carbonyl (C=O) groups excluding carboxylic acids is 1. The van der Waals surface area contributed by atoms with Gasteiger partial charge in [0.2, 0.25) is 0 Å². The first-order valence-electron chi connectivity index (χ1n) is 4.67. The summed E-state index contributed by atoms with van der Waals surface area (Å²) in [5.74, 6) is 0.103. The van der Waals surface area contributed by atoms with Crippen LogP contribution in [0.3, 0.4) is 0 Å². The van der Waals surface area contributed by atoms with Crippen molar-refractivity contribution in [3.05, 3.63) is 20.8 Å². The quantitative estimate of drug-likeness (QED) is 0.754. The summed E-state index contributed by atoms with van der Waals surface area (Å²) in [7, 11) is 0. The van der Waals surface area contributed by atoms with Crippen molar-refractivity contribution in [1.29, 1.82) is 0 Å². The van der Waals surface area contributed by atoms with Crippen LogP contribution < -0.4 is 0 Å². The van der Waals surface area contributed by atoms with E-state index < -0.39 is 0 Å². The fourth-order valence-electron chi connectivity index (χ4n) is 1.27. The molecule has 0 aliphatic heterocycles. The molecule has 1 aromatic rings. The van der Waals surface area contributed by atoms with Gasteiger partial charge in [0.25, 0.3) is 5.91 Å². The van der Waals surface area contributed by atoms with E-state index in [0.29, 0.717) is 0 Å². The van der Waals surface area contributed by atoms with E-state index in [1.54, 1.807) is 0 Å². The van der Waals surface area contributed by atoms with Gasteiger partial charge in [-0.1, -0.05) is 15.9 Å². The van der Waals surface area contributed by atoms with Crippen LogP contribution in [-0.2, 0) is 0 Å². The van der Waals surface area contributed by atoms with Crippen LogP contribution in [-0.4, -0.2) is 28.7 Å². The summed E-state index contributed by atoms with van der Waals surface area (Å²) in [6.45, 7) is 4.80. The summed E-state index contributed by atoms with van der Waals surface area (Å²) in [5.41, 5.74) is 0.765. The van der Waals surface area contributed by atoms with Crippen LogP contribution in [0.2, 0.25) is 0 Å². The average molecular weight is 355 g/mol. The Hall–Kier alpha value is 0.130. The Morgan fingerprint density at radius 3 is 2.67 bits per heavy atom. The molecule has 0 saturated heterocycles. The molecule has 0 N–H and O–H groups in total. The lowest BCUT2D eigenvalue weighted by Gasteiger charge is -2.25. The Bertz CT molecular complexity index is 338. The van der Waals surface area contributed by atoms with Gasteiger partial charge in [0.05, 0.1) is 9.35 Å². The minimum absolute atomic E-state index is 0.103. The van der Waals surface area contributed by atoms with Gasteiger partial charge >= 0.3 is 0 Å². The molecule has 0 saturated carbocycles. The number of hydrogen-bond acceptors (Lipinski definition) is 2. The van der Waals surface area contributed by atoms with E-state index in [-0.39, 0.29) is 11.9 Å². The average Bonchev–Trinajstić information content (AvgIpc) is 2.59. The Kier molecular flexibility index (Phi) is 5.29. The van der Waals surface area contributed by atoms with Crippen molar-refractivity contribution >= 4 is 49.1 Å². The third kappa shape index (κ3) is 3.57. The van der Waals surface area contributed by atoms with E-state index in [2.05, 4.69) is 31.9 Å². The molecular weight excluding hydrogens is 342 g/mol. The molecule has 1 rings (SSSR count). The van der Waals surface area contributed by atoms with E-state index in [1.807, 2.05) is 30.2 Å². The van der Waals surface area contributed by atoms with E-state index in [0.717, 1.165) is 21.2 Å². The molecule has 1 aromatic heterocycles. The zero-order chi connectivity index (χ0) is 11.4. The normalized spacial score (nSPS) is 10.7. The summed E-state index contributed by atoms with van der Waals surface area (Å²) in [5, 5.41) is 2.69. The van der Waals surface area contributed by atoms with Crippen molar-refractivity contribution in [1.82, 2.24) is 4.90 Å². The fraction of sp³-hybridized carbons (Fsp3) is 0.500. The lowest BCUT2D eigenvalue weighted by atomic mass is 10.2. The number of nitrogens with zero attached hydrogens (tertiary/aromatic N) is 1. The molecule has 0 aromatic carbocycles. The maximum atomic E-state index is 12.1. The number of carbonyl (C=O) groups is 1. The highest BCUT2D eigenvalue weighted by Gasteiger charge is 2.18. The molecule has 0 fully saturated rings. The van der Waals surface area contributed by atoms with Crippen LogP contribution in [0.5, 0.6) is 0 Å². The Morgan fingerprint density at radius 1 is 1.60 bits per heavy atom. The van der Waals surface area contributed by atoms with E-state index in [1.165, 1.54) is 11.3 Å². The van der Waals surface area contributed by atoms with Gasteiger partial charge in [0, 0.05) is 23.3 Å². The molecule has 0 aliphatic rings. The smallest absolute Gasteiger partial charge is 0.254 e. The molecule has 0 bridgehead atoms. The highest BCUT2D eigenvalue weighted by molar-refractivity contribution is 9.11. The molecule has 2 nitrogen and oxygen atoms in total. The van der Waals surface area contributed by atoms with E-state index in [9.17, 15) is 4.79 Å². The molecule has 15 heavy (non-hydrogen) atoms. The molecule has 0 spiro atoms. The van der Waals surface area contributed by atoms with Crippen molar-refractivity contribution in [2.45, 2.75) is 19.9 Å². The molecule has 1 heterocycles. The van der Waals surface area contributed by atoms with Gasteiger partial charge < -0.3 is 4.90 Å². The first-order valence-corrected chi connectivity index (χ1v) is 7.46. The van der Waals surface area contributed by atoms with Crippen molar-refractivity contribution in [2.24, 2.45) is 0 Å². The zero-order valence-electron chi connectivity index (χ0n) is 8.67. The molecule has 1 amide bonds. The Labute approximate surface area is 111 Å². The highest BCUT2D eigenvalue weighted by atomic mass is 79.9. The number of alkyl halides is 1. The fourth-order valence-corrected chi connectivity index (χ4v) is 2.79. The molecule has 0 radical (unpaired) electrons. The van der Waals surface area contributed by atoms with Gasteiger partial charge in [0.1, 0.15) is 0 Å². The third-order valence-corrected chi connectivity index (χ3v) is 3.88. The number of hydrogen-bond donors (Lipinski definition) is 0. The second kappa shape index (κ2) is 6.01. The largest absolute Gasteiger partial charge is 0.335 e. The monoisotopic (exact) mass is 353 g/mol. The van der Waals surface area contributed by atoms with Gasteiger partial charge in [-0.25, -0.2) is 0 Å². The third-order valence-electron chi connectivity index (χ3n) is 2.02. The first-order chi connectivity index (χ1) is 7.06. The Balaban J connectivity index is 2.80. The summed E-state index contributed by atoms with van der Waals surface area (Å²) in [6, 6.07) is 2.10. The molecule has 5 heteroatoms. The van der Waals surface area contributed by atoms with Crippen LogP contribution in [0.4, 0.5) is 0 Å². The standard InChI is InChI=1S/C10H13Br2NOS/c1-7(2)13(4-3-11)10(14)8-5-9(12)15-6-8/h5-7H,3-4H2,1-2H3. The van der Waals surface area contributed by atoms with E-state index >= 15 is 0 Å². The van der Waals surface area contributed by atoms with Crippen LogP contribution in [0.1, 0.15) is 24.2 Å². The number of halogens is 2. The molecule has 0 unspecified atom stereocenters.